The summed E-state index contributed by atoms with van der Waals surface area (Å²) in [5, 5.41) is 9.84. The number of carbonyl (C=O) groups is 2. The van der Waals surface area contributed by atoms with E-state index in [0.717, 1.165) is 0 Å². The standard InChI is InChI=1S/C4H4N2O2/c5-1-2-6-4(8)3-7/h3H,2H2,(H,6,8). The van der Waals surface area contributed by atoms with E-state index in [1.54, 1.807) is 6.07 Å². The fourth-order valence-electron chi connectivity index (χ4n) is 0.168. The molecule has 0 radical (unpaired) electrons. The van der Waals surface area contributed by atoms with Gasteiger partial charge in [0.05, 0.1) is 6.07 Å². The molecule has 4 nitrogen and oxygen atoms in total. The second-order valence-corrected chi connectivity index (χ2v) is 0.994. The maximum absolute atomic E-state index is 9.94. The largest absolute Gasteiger partial charge is 0.337 e. The number of carbonyl (C=O) groups excluding carboxylic acids is 2. The van der Waals surface area contributed by atoms with E-state index in [1.807, 2.05) is 5.32 Å². The van der Waals surface area contributed by atoms with Gasteiger partial charge in [0, 0.05) is 0 Å². The Balaban J connectivity index is 3.28. The van der Waals surface area contributed by atoms with Crippen LogP contribution >= 0.6 is 0 Å². The van der Waals surface area contributed by atoms with Crippen molar-refractivity contribution in [2.45, 2.75) is 0 Å². The Hall–Kier alpha value is -1.37. The predicted octanol–water partition coefficient (Wildman–Crippen LogP) is -1.17. The Morgan fingerprint density at radius 2 is 2.50 bits per heavy atom. The molecule has 0 atom stereocenters. The second-order valence-electron chi connectivity index (χ2n) is 0.994. The minimum atomic E-state index is -0.758. The maximum atomic E-state index is 9.94. The van der Waals surface area contributed by atoms with Gasteiger partial charge in [0.15, 0.2) is 0 Å². The molecule has 0 saturated heterocycles. The second kappa shape index (κ2) is 3.81. The van der Waals surface area contributed by atoms with Crippen molar-refractivity contribution >= 4 is 12.2 Å². The van der Waals surface area contributed by atoms with Gasteiger partial charge >= 0.3 is 0 Å². The number of amides is 1. The molecule has 0 heterocycles. The van der Waals surface area contributed by atoms with Crippen molar-refractivity contribution in [3.8, 4) is 6.07 Å². The molecule has 0 aliphatic heterocycles. The van der Waals surface area contributed by atoms with Gasteiger partial charge in [-0.05, 0) is 0 Å². The summed E-state index contributed by atoms with van der Waals surface area (Å²) in [6, 6.07) is 1.64. The van der Waals surface area contributed by atoms with Crippen LogP contribution in [0.15, 0.2) is 0 Å². The molecule has 0 bridgehead atoms. The minimum absolute atomic E-state index is 0.114. The third-order valence-electron chi connectivity index (χ3n) is 0.449. The summed E-state index contributed by atoms with van der Waals surface area (Å²) in [6.45, 7) is -0.114. The quantitative estimate of drug-likeness (QED) is 0.278. The van der Waals surface area contributed by atoms with Crippen molar-refractivity contribution in [1.82, 2.24) is 5.32 Å². The smallest absolute Gasteiger partial charge is 0.284 e. The molecule has 0 aromatic rings. The first-order valence-electron chi connectivity index (χ1n) is 1.91. The van der Waals surface area contributed by atoms with E-state index in [2.05, 4.69) is 0 Å². The zero-order valence-electron chi connectivity index (χ0n) is 4.05. The van der Waals surface area contributed by atoms with E-state index < -0.39 is 5.91 Å². The van der Waals surface area contributed by atoms with Gasteiger partial charge < -0.3 is 5.32 Å². The lowest BCUT2D eigenvalue weighted by molar-refractivity contribution is -0.131. The lowest BCUT2D eigenvalue weighted by Gasteiger charge is -1.86. The fraction of sp³-hybridized carbons (Fsp3) is 0.250. The van der Waals surface area contributed by atoms with Crippen LogP contribution in [-0.2, 0) is 9.59 Å². The number of hydrogen-bond acceptors (Lipinski definition) is 3. The lowest BCUT2D eigenvalue weighted by atomic mass is 10.6. The third kappa shape index (κ3) is 2.85. The molecular weight excluding hydrogens is 108 g/mol. The van der Waals surface area contributed by atoms with Crippen LogP contribution in [0.5, 0.6) is 0 Å². The number of aldehydes is 1. The first-order chi connectivity index (χ1) is 3.81. The van der Waals surface area contributed by atoms with Crippen LogP contribution in [0.1, 0.15) is 0 Å². The average molecular weight is 112 g/mol. The lowest BCUT2D eigenvalue weighted by Crippen LogP contribution is -2.23. The molecule has 4 heteroatoms. The van der Waals surface area contributed by atoms with Crippen LogP contribution in [0, 0.1) is 11.3 Å². The first-order valence-corrected chi connectivity index (χ1v) is 1.91. The molecule has 1 amide bonds. The van der Waals surface area contributed by atoms with Gasteiger partial charge in [-0.3, -0.25) is 9.59 Å². The van der Waals surface area contributed by atoms with Crippen molar-refractivity contribution in [3.05, 3.63) is 0 Å². The van der Waals surface area contributed by atoms with Crippen molar-refractivity contribution in [2.75, 3.05) is 6.54 Å². The SMILES string of the molecule is N#CCNC(=O)C=O. The summed E-state index contributed by atoms with van der Waals surface area (Å²) in [5.41, 5.74) is 0. The van der Waals surface area contributed by atoms with Crippen LogP contribution in [-0.4, -0.2) is 18.7 Å². The Labute approximate surface area is 46.1 Å². The Morgan fingerprint density at radius 1 is 1.88 bits per heavy atom. The van der Waals surface area contributed by atoms with Crippen LogP contribution in [0.3, 0.4) is 0 Å². The summed E-state index contributed by atoms with van der Waals surface area (Å²) in [6.07, 6.45) is 0.122. The van der Waals surface area contributed by atoms with E-state index in [-0.39, 0.29) is 12.8 Å². The van der Waals surface area contributed by atoms with Crippen molar-refractivity contribution in [2.24, 2.45) is 0 Å². The molecule has 0 aliphatic carbocycles. The van der Waals surface area contributed by atoms with E-state index >= 15 is 0 Å². The molecule has 1 N–H and O–H groups in total. The van der Waals surface area contributed by atoms with Crippen molar-refractivity contribution < 1.29 is 9.59 Å². The van der Waals surface area contributed by atoms with Gasteiger partial charge in [-0.2, -0.15) is 5.26 Å². The van der Waals surface area contributed by atoms with E-state index in [4.69, 9.17) is 5.26 Å². The highest BCUT2D eigenvalue weighted by molar-refractivity contribution is 6.23. The highest BCUT2D eigenvalue weighted by Gasteiger charge is 1.91. The summed E-state index contributed by atoms with van der Waals surface area (Å²) < 4.78 is 0. The summed E-state index contributed by atoms with van der Waals surface area (Å²) in [4.78, 5) is 19.4. The summed E-state index contributed by atoms with van der Waals surface area (Å²) >= 11 is 0. The third-order valence-corrected chi connectivity index (χ3v) is 0.449. The Kier molecular flexibility index (Phi) is 3.16. The average Bonchev–Trinajstić information content (AvgIpc) is 1.83. The zero-order chi connectivity index (χ0) is 6.41. The van der Waals surface area contributed by atoms with E-state index in [0.29, 0.717) is 0 Å². The van der Waals surface area contributed by atoms with Crippen LogP contribution < -0.4 is 5.32 Å². The molecule has 0 unspecified atom stereocenters. The number of nitrogens with one attached hydrogen (secondary N) is 1. The predicted molar refractivity (Wildman–Crippen MR) is 24.7 cm³/mol. The highest BCUT2D eigenvalue weighted by atomic mass is 16.2. The van der Waals surface area contributed by atoms with Crippen molar-refractivity contribution in [3.63, 3.8) is 0 Å². The molecule has 0 aliphatic rings. The summed E-state index contributed by atoms with van der Waals surface area (Å²) in [7, 11) is 0. The van der Waals surface area contributed by atoms with Gasteiger partial charge in [-0.25, -0.2) is 0 Å². The molecule has 8 heavy (non-hydrogen) atoms. The minimum Gasteiger partial charge on any atom is -0.337 e. The van der Waals surface area contributed by atoms with Crippen LogP contribution in [0.4, 0.5) is 0 Å². The number of nitrogens with zero attached hydrogens (tertiary/aromatic N) is 1. The maximum Gasteiger partial charge on any atom is 0.284 e. The van der Waals surface area contributed by atoms with Gasteiger partial charge in [-0.15, -0.1) is 0 Å². The molecular formula is C4H4N2O2. The zero-order valence-corrected chi connectivity index (χ0v) is 4.05. The normalized spacial score (nSPS) is 6.88. The molecule has 0 spiro atoms. The van der Waals surface area contributed by atoms with Crippen LogP contribution in [0.2, 0.25) is 0 Å². The van der Waals surface area contributed by atoms with Crippen LogP contribution in [0.25, 0.3) is 0 Å². The van der Waals surface area contributed by atoms with Gasteiger partial charge in [0.2, 0.25) is 6.29 Å². The molecule has 0 saturated carbocycles. The Morgan fingerprint density at radius 3 is 2.88 bits per heavy atom. The van der Waals surface area contributed by atoms with Gasteiger partial charge in [0.25, 0.3) is 5.91 Å². The highest BCUT2D eigenvalue weighted by Crippen LogP contribution is 1.53. The summed E-state index contributed by atoms with van der Waals surface area (Å²) in [5.74, 6) is -0.758. The first kappa shape index (κ1) is 6.63. The number of nitriles is 1. The molecule has 0 aromatic heterocycles. The van der Waals surface area contributed by atoms with E-state index in [1.165, 1.54) is 0 Å². The molecule has 0 aromatic carbocycles. The van der Waals surface area contributed by atoms with E-state index in [9.17, 15) is 9.59 Å². The van der Waals surface area contributed by atoms with Crippen molar-refractivity contribution in [1.29, 1.82) is 5.26 Å². The topological polar surface area (TPSA) is 70.0 Å². The molecule has 42 valence electrons. The Bertz CT molecular complexity index is 135. The molecule has 0 rings (SSSR count). The van der Waals surface area contributed by atoms with Gasteiger partial charge in [-0.1, -0.05) is 0 Å². The number of rotatable bonds is 2. The number of hydrogen-bond donors (Lipinski definition) is 1. The van der Waals surface area contributed by atoms with Gasteiger partial charge in [0.1, 0.15) is 6.54 Å². The fourth-order valence-corrected chi connectivity index (χ4v) is 0.168. The monoisotopic (exact) mass is 112 g/mol. The molecule has 0 fully saturated rings.